The molecule has 3 amide bonds. The number of aromatic carboxylic acids is 1. The van der Waals surface area contributed by atoms with E-state index in [0.717, 1.165) is 23.2 Å². The fourth-order valence-electron chi connectivity index (χ4n) is 4.51. The number of anilines is 2. The zero-order chi connectivity index (χ0) is 24.4. The zero-order valence-corrected chi connectivity index (χ0v) is 19.2. The number of nitrogens with one attached hydrogen (secondary N) is 2. The van der Waals surface area contributed by atoms with Gasteiger partial charge in [0.1, 0.15) is 6.04 Å². The fraction of sp³-hybridized carbons (Fsp3) is 0.250. The van der Waals surface area contributed by atoms with Gasteiger partial charge >= 0.3 is 12.0 Å². The topological polar surface area (TPSA) is 98.7 Å². The number of likely N-dealkylation sites (tertiary alicyclic amines) is 1. The summed E-state index contributed by atoms with van der Waals surface area (Å²) in [5.74, 6) is -0.506. The van der Waals surface area contributed by atoms with Crippen LogP contribution in [0.3, 0.4) is 0 Å². The van der Waals surface area contributed by atoms with Crippen molar-refractivity contribution in [3.63, 3.8) is 0 Å². The van der Waals surface area contributed by atoms with Crippen LogP contribution in [0.2, 0.25) is 0 Å². The van der Waals surface area contributed by atoms with Crippen molar-refractivity contribution in [1.29, 1.82) is 0 Å². The maximum absolute atomic E-state index is 13.0. The lowest BCUT2D eigenvalue weighted by atomic mass is 10.0. The SMILES string of the molecule is O=C(O)c1ccc(-c2ccc(NC(=O)[C@@H]3CCCN3C(=O)Nc3ccc(C4CC4)cc3)cc2)cc1. The lowest BCUT2D eigenvalue weighted by Gasteiger charge is -2.24. The Hall–Kier alpha value is -4.13. The average molecular weight is 470 g/mol. The van der Waals surface area contributed by atoms with E-state index in [1.807, 2.05) is 24.3 Å². The number of carboxylic acid groups (broad SMARTS) is 1. The third-order valence-corrected chi connectivity index (χ3v) is 6.64. The molecule has 2 aliphatic rings. The van der Waals surface area contributed by atoms with E-state index in [1.165, 1.54) is 18.4 Å². The predicted octanol–water partition coefficient (Wildman–Crippen LogP) is 5.56. The molecular weight excluding hydrogens is 442 g/mol. The number of carboxylic acids is 1. The first-order valence-corrected chi connectivity index (χ1v) is 11.9. The van der Waals surface area contributed by atoms with Crippen LogP contribution in [-0.4, -0.2) is 40.5 Å². The van der Waals surface area contributed by atoms with Crippen LogP contribution in [0.5, 0.6) is 0 Å². The summed E-state index contributed by atoms with van der Waals surface area (Å²) in [6.07, 6.45) is 3.86. The maximum atomic E-state index is 13.0. The highest BCUT2D eigenvalue weighted by Crippen LogP contribution is 2.40. The van der Waals surface area contributed by atoms with Gasteiger partial charge in [-0.1, -0.05) is 36.4 Å². The normalized spacial score (nSPS) is 17.1. The van der Waals surface area contributed by atoms with Crippen molar-refractivity contribution >= 4 is 29.3 Å². The van der Waals surface area contributed by atoms with Crippen molar-refractivity contribution in [2.45, 2.75) is 37.6 Å². The highest BCUT2D eigenvalue weighted by molar-refractivity contribution is 5.99. The summed E-state index contributed by atoms with van der Waals surface area (Å²) >= 11 is 0. The van der Waals surface area contributed by atoms with Gasteiger partial charge in [-0.15, -0.1) is 0 Å². The Kier molecular flexibility index (Phi) is 6.23. The van der Waals surface area contributed by atoms with Crippen LogP contribution in [0.1, 0.15) is 47.5 Å². The number of amides is 3. The molecule has 0 unspecified atom stereocenters. The first-order valence-electron chi connectivity index (χ1n) is 11.9. The molecule has 0 aromatic heterocycles. The van der Waals surface area contributed by atoms with Gasteiger partial charge in [0.2, 0.25) is 5.91 Å². The van der Waals surface area contributed by atoms with Crippen molar-refractivity contribution in [3.8, 4) is 11.1 Å². The van der Waals surface area contributed by atoms with Gasteiger partial charge in [0.25, 0.3) is 0 Å². The van der Waals surface area contributed by atoms with E-state index < -0.39 is 12.0 Å². The Labute approximate surface area is 203 Å². The molecule has 3 N–H and O–H groups in total. The van der Waals surface area contributed by atoms with Gasteiger partial charge in [-0.2, -0.15) is 0 Å². The van der Waals surface area contributed by atoms with Gasteiger partial charge in [0, 0.05) is 17.9 Å². The van der Waals surface area contributed by atoms with Crippen LogP contribution < -0.4 is 10.6 Å². The van der Waals surface area contributed by atoms with Crippen LogP contribution >= 0.6 is 0 Å². The number of urea groups is 1. The van der Waals surface area contributed by atoms with Gasteiger partial charge in [0.15, 0.2) is 0 Å². The molecule has 7 nitrogen and oxygen atoms in total. The standard InChI is InChI=1S/C28H27N3O4/c32-26(29-23-13-9-20(10-14-23)19-5-7-22(8-6-19)27(33)34)25-2-1-17-31(25)28(35)30-24-15-11-21(12-16-24)18-3-4-18/h5-16,18,25H,1-4,17H2,(H,29,32)(H,30,35)(H,33,34)/t25-/m0/s1. The van der Waals surface area contributed by atoms with E-state index in [0.29, 0.717) is 24.6 Å². The number of hydrogen-bond acceptors (Lipinski definition) is 3. The lowest BCUT2D eigenvalue weighted by Crippen LogP contribution is -2.45. The lowest BCUT2D eigenvalue weighted by molar-refractivity contribution is -0.119. The first kappa shape index (κ1) is 22.7. The minimum atomic E-state index is -0.962. The number of carbonyl (C=O) groups excluding carboxylic acids is 2. The Morgan fingerprint density at radius 1 is 0.743 bits per heavy atom. The summed E-state index contributed by atoms with van der Waals surface area (Å²) in [5.41, 5.74) is 4.72. The molecule has 0 radical (unpaired) electrons. The number of benzene rings is 3. The molecule has 5 rings (SSSR count). The molecule has 0 bridgehead atoms. The Morgan fingerprint density at radius 3 is 1.91 bits per heavy atom. The molecule has 178 valence electrons. The van der Waals surface area contributed by atoms with E-state index in [-0.39, 0.29) is 17.5 Å². The average Bonchev–Trinajstić information content (AvgIpc) is 3.60. The summed E-state index contributed by atoms with van der Waals surface area (Å²) in [6, 6.07) is 21.2. The van der Waals surface area contributed by atoms with Crippen LogP contribution in [0.25, 0.3) is 11.1 Å². The number of rotatable bonds is 6. The minimum absolute atomic E-state index is 0.208. The van der Waals surface area contributed by atoms with Crippen LogP contribution in [0, 0.1) is 0 Å². The largest absolute Gasteiger partial charge is 0.478 e. The van der Waals surface area contributed by atoms with E-state index in [4.69, 9.17) is 5.11 Å². The fourth-order valence-corrected chi connectivity index (χ4v) is 4.51. The monoisotopic (exact) mass is 469 g/mol. The minimum Gasteiger partial charge on any atom is -0.478 e. The van der Waals surface area contributed by atoms with Crippen molar-refractivity contribution in [3.05, 3.63) is 83.9 Å². The van der Waals surface area contributed by atoms with Gasteiger partial charge in [-0.3, -0.25) is 4.79 Å². The van der Waals surface area contributed by atoms with E-state index in [2.05, 4.69) is 22.8 Å². The zero-order valence-electron chi connectivity index (χ0n) is 19.2. The number of nitrogens with zero attached hydrogens (tertiary/aromatic N) is 1. The van der Waals surface area contributed by atoms with Crippen molar-refractivity contribution in [1.82, 2.24) is 4.90 Å². The maximum Gasteiger partial charge on any atom is 0.335 e. The Bertz CT molecular complexity index is 1230. The quantitative estimate of drug-likeness (QED) is 0.440. The smallest absolute Gasteiger partial charge is 0.335 e. The summed E-state index contributed by atoms with van der Waals surface area (Å²) in [5, 5.41) is 14.9. The van der Waals surface area contributed by atoms with E-state index in [1.54, 1.807) is 41.3 Å². The molecule has 1 saturated carbocycles. The second-order valence-electron chi connectivity index (χ2n) is 9.13. The van der Waals surface area contributed by atoms with Gasteiger partial charge in [0.05, 0.1) is 5.56 Å². The summed E-state index contributed by atoms with van der Waals surface area (Å²) in [6.45, 7) is 0.537. The second kappa shape index (κ2) is 9.62. The molecule has 1 aliphatic heterocycles. The van der Waals surface area contributed by atoms with E-state index >= 15 is 0 Å². The van der Waals surface area contributed by atoms with Gasteiger partial charge in [-0.25, -0.2) is 9.59 Å². The molecule has 1 saturated heterocycles. The van der Waals surface area contributed by atoms with Crippen molar-refractivity contribution in [2.75, 3.05) is 17.2 Å². The van der Waals surface area contributed by atoms with Gasteiger partial charge in [-0.05, 0) is 84.7 Å². The molecule has 1 heterocycles. The van der Waals surface area contributed by atoms with Crippen LogP contribution in [0.15, 0.2) is 72.8 Å². The third kappa shape index (κ3) is 5.19. The van der Waals surface area contributed by atoms with E-state index in [9.17, 15) is 14.4 Å². The molecule has 3 aromatic carbocycles. The number of carbonyl (C=O) groups is 3. The Balaban J connectivity index is 1.19. The summed E-state index contributed by atoms with van der Waals surface area (Å²) < 4.78 is 0. The first-order chi connectivity index (χ1) is 17.0. The van der Waals surface area contributed by atoms with Gasteiger partial charge < -0.3 is 20.6 Å². The third-order valence-electron chi connectivity index (χ3n) is 6.64. The van der Waals surface area contributed by atoms with Crippen molar-refractivity contribution < 1.29 is 19.5 Å². The van der Waals surface area contributed by atoms with Crippen molar-refractivity contribution in [2.24, 2.45) is 0 Å². The second-order valence-corrected chi connectivity index (χ2v) is 9.13. The number of hydrogen-bond donors (Lipinski definition) is 3. The molecule has 2 fully saturated rings. The molecule has 3 aromatic rings. The highest BCUT2D eigenvalue weighted by Gasteiger charge is 2.34. The Morgan fingerprint density at radius 2 is 1.31 bits per heavy atom. The molecular formula is C28H27N3O4. The molecule has 0 spiro atoms. The molecule has 1 atom stereocenters. The molecule has 35 heavy (non-hydrogen) atoms. The molecule has 7 heteroatoms. The predicted molar refractivity (Wildman–Crippen MR) is 135 cm³/mol. The molecule has 1 aliphatic carbocycles. The summed E-state index contributed by atoms with van der Waals surface area (Å²) in [7, 11) is 0. The summed E-state index contributed by atoms with van der Waals surface area (Å²) in [4.78, 5) is 38.5. The van der Waals surface area contributed by atoms with Crippen LogP contribution in [-0.2, 0) is 4.79 Å². The highest BCUT2D eigenvalue weighted by atomic mass is 16.4. The van der Waals surface area contributed by atoms with Crippen LogP contribution in [0.4, 0.5) is 16.2 Å².